The summed E-state index contributed by atoms with van der Waals surface area (Å²) >= 11 is 0. The normalized spacial score (nSPS) is 11.1. The highest BCUT2D eigenvalue weighted by Gasteiger charge is 2.08. The summed E-state index contributed by atoms with van der Waals surface area (Å²) in [7, 11) is 0. The van der Waals surface area contributed by atoms with Crippen molar-refractivity contribution in [1.29, 1.82) is 0 Å². The third-order valence-corrected chi connectivity index (χ3v) is 4.33. The minimum Gasteiger partial charge on any atom is -0.487 e. The van der Waals surface area contributed by atoms with Crippen LogP contribution in [0.1, 0.15) is 24.6 Å². The standard InChI is InChI=1S/C21H18N2O4/c1-2-5-14-10-21(25)27-18-12-16(7-8-17(14)18)26-13-15-11-20(24)23-9-4-3-6-19(23)22-15/h3-4,6-12H,2,5,13H2,1H3. The topological polar surface area (TPSA) is 73.8 Å². The zero-order valence-electron chi connectivity index (χ0n) is 14.8. The van der Waals surface area contributed by atoms with Crippen molar-refractivity contribution in [3.05, 3.63) is 86.8 Å². The second kappa shape index (κ2) is 7.07. The van der Waals surface area contributed by atoms with Gasteiger partial charge >= 0.3 is 5.63 Å². The second-order valence-corrected chi connectivity index (χ2v) is 6.30. The molecule has 0 radical (unpaired) electrons. The molecular formula is C21H18N2O4. The average Bonchev–Trinajstić information content (AvgIpc) is 2.66. The van der Waals surface area contributed by atoms with E-state index in [1.165, 1.54) is 10.5 Å². The molecule has 0 unspecified atom stereocenters. The summed E-state index contributed by atoms with van der Waals surface area (Å²) in [5.74, 6) is 0.550. The number of nitrogens with zero attached hydrogens (tertiary/aromatic N) is 2. The van der Waals surface area contributed by atoms with E-state index in [-0.39, 0.29) is 17.8 Å². The Kier molecular flexibility index (Phi) is 4.46. The lowest BCUT2D eigenvalue weighted by molar-refractivity contribution is 0.301. The molecule has 0 bridgehead atoms. The number of fused-ring (bicyclic) bond motifs is 2. The molecule has 0 fully saturated rings. The van der Waals surface area contributed by atoms with Crippen LogP contribution >= 0.6 is 0 Å². The molecule has 3 aromatic heterocycles. The summed E-state index contributed by atoms with van der Waals surface area (Å²) in [5, 5.41) is 0.908. The highest BCUT2D eigenvalue weighted by atomic mass is 16.5. The van der Waals surface area contributed by atoms with Crippen LogP contribution in [0.4, 0.5) is 0 Å². The molecule has 136 valence electrons. The molecule has 27 heavy (non-hydrogen) atoms. The lowest BCUT2D eigenvalue weighted by Crippen LogP contribution is -2.16. The molecule has 0 N–H and O–H groups in total. The van der Waals surface area contributed by atoms with Gasteiger partial charge in [0.2, 0.25) is 0 Å². The number of pyridine rings is 1. The van der Waals surface area contributed by atoms with E-state index in [0.717, 1.165) is 23.8 Å². The summed E-state index contributed by atoms with van der Waals surface area (Å²) in [5.41, 5.74) is 2.04. The summed E-state index contributed by atoms with van der Waals surface area (Å²) < 4.78 is 12.6. The Morgan fingerprint density at radius 2 is 2.00 bits per heavy atom. The fourth-order valence-corrected chi connectivity index (χ4v) is 3.11. The summed E-state index contributed by atoms with van der Waals surface area (Å²) in [6.45, 7) is 2.21. The van der Waals surface area contributed by atoms with Gasteiger partial charge in [0.05, 0.1) is 5.69 Å². The van der Waals surface area contributed by atoms with Crippen molar-refractivity contribution in [2.45, 2.75) is 26.4 Å². The van der Waals surface area contributed by atoms with E-state index < -0.39 is 0 Å². The lowest BCUT2D eigenvalue weighted by Gasteiger charge is -2.09. The van der Waals surface area contributed by atoms with Gasteiger partial charge in [-0.15, -0.1) is 0 Å². The molecule has 0 aliphatic carbocycles. The molecule has 6 heteroatoms. The SMILES string of the molecule is CCCc1cc(=O)oc2cc(OCc3cc(=O)n4ccccc4n3)ccc12. The van der Waals surface area contributed by atoms with Crippen molar-refractivity contribution >= 4 is 16.6 Å². The van der Waals surface area contributed by atoms with Crippen molar-refractivity contribution < 1.29 is 9.15 Å². The monoisotopic (exact) mass is 362 g/mol. The summed E-state index contributed by atoms with van der Waals surface area (Å²) in [6, 6.07) is 13.8. The predicted octanol–water partition coefficient (Wildman–Crippen LogP) is 3.33. The fourth-order valence-electron chi connectivity index (χ4n) is 3.11. The number of aromatic nitrogens is 2. The smallest absolute Gasteiger partial charge is 0.336 e. The Morgan fingerprint density at radius 1 is 1.11 bits per heavy atom. The highest BCUT2D eigenvalue weighted by Crippen LogP contribution is 2.24. The third kappa shape index (κ3) is 3.46. The van der Waals surface area contributed by atoms with E-state index in [2.05, 4.69) is 11.9 Å². The van der Waals surface area contributed by atoms with E-state index >= 15 is 0 Å². The molecule has 6 nitrogen and oxygen atoms in total. The van der Waals surface area contributed by atoms with Crippen LogP contribution in [0.15, 0.2) is 68.7 Å². The van der Waals surface area contributed by atoms with Crippen molar-refractivity contribution in [1.82, 2.24) is 9.38 Å². The molecule has 0 saturated heterocycles. The molecule has 0 atom stereocenters. The van der Waals surface area contributed by atoms with Crippen molar-refractivity contribution in [3.63, 3.8) is 0 Å². The first-order chi connectivity index (χ1) is 13.1. The molecule has 0 spiro atoms. The van der Waals surface area contributed by atoms with E-state index in [1.807, 2.05) is 18.2 Å². The van der Waals surface area contributed by atoms with Gasteiger partial charge in [-0.2, -0.15) is 0 Å². The van der Waals surface area contributed by atoms with Crippen LogP contribution in [0.5, 0.6) is 5.75 Å². The lowest BCUT2D eigenvalue weighted by atomic mass is 10.1. The first-order valence-corrected chi connectivity index (χ1v) is 8.81. The van der Waals surface area contributed by atoms with Crippen LogP contribution in [-0.2, 0) is 13.0 Å². The minimum atomic E-state index is -0.368. The van der Waals surface area contributed by atoms with Crippen molar-refractivity contribution in [2.24, 2.45) is 0 Å². The van der Waals surface area contributed by atoms with E-state index in [0.29, 0.717) is 22.7 Å². The number of hydrogen-bond acceptors (Lipinski definition) is 5. The molecule has 0 aliphatic rings. The van der Waals surface area contributed by atoms with Gasteiger partial charge in [-0.1, -0.05) is 19.4 Å². The van der Waals surface area contributed by atoms with E-state index in [4.69, 9.17) is 9.15 Å². The zero-order valence-corrected chi connectivity index (χ0v) is 14.8. The molecule has 0 aliphatic heterocycles. The second-order valence-electron chi connectivity index (χ2n) is 6.30. The number of aryl methyl sites for hydroxylation is 1. The molecule has 3 heterocycles. The Morgan fingerprint density at radius 3 is 2.85 bits per heavy atom. The van der Waals surface area contributed by atoms with Gasteiger partial charge in [-0.3, -0.25) is 9.20 Å². The van der Waals surface area contributed by atoms with E-state index in [9.17, 15) is 9.59 Å². The fraction of sp³-hybridized carbons (Fsp3) is 0.190. The maximum atomic E-state index is 12.1. The first-order valence-electron chi connectivity index (χ1n) is 8.81. The molecular weight excluding hydrogens is 344 g/mol. The highest BCUT2D eigenvalue weighted by molar-refractivity contribution is 5.81. The Labute approximate surface area is 154 Å². The minimum absolute atomic E-state index is 0.144. The number of hydrogen-bond donors (Lipinski definition) is 0. The van der Waals surface area contributed by atoms with Crippen molar-refractivity contribution in [3.8, 4) is 5.75 Å². The van der Waals surface area contributed by atoms with Crippen LogP contribution < -0.4 is 15.9 Å². The number of benzene rings is 1. The molecule has 0 amide bonds. The Bertz CT molecular complexity index is 1240. The van der Waals surface area contributed by atoms with Gasteiger partial charge < -0.3 is 9.15 Å². The Hall–Kier alpha value is -3.41. The molecule has 1 aromatic carbocycles. The maximum Gasteiger partial charge on any atom is 0.336 e. The largest absolute Gasteiger partial charge is 0.487 e. The summed E-state index contributed by atoms with van der Waals surface area (Å²) in [6.07, 6.45) is 3.43. The van der Waals surface area contributed by atoms with Gasteiger partial charge in [-0.25, -0.2) is 9.78 Å². The Balaban J connectivity index is 1.62. The van der Waals surface area contributed by atoms with Gasteiger partial charge in [0.15, 0.2) is 0 Å². The van der Waals surface area contributed by atoms with Crippen LogP contribution in [0.3, 0.4) is 0 Å². The predicted molar refractivity (Wildman–Crippen MR) is 102 cm³/mol. The van der Waals surface area contributed by atoms with E-state index in [1.54, 1.807) is 30.5 Å². The maximum absolute atomic E-state index is 12.1. The van der Waals surface area contributed by atoms with Gasteiger partial charge in [0.1, 0.15) is 23.6 Å². The molecule has 4 aromatic rings. The van der Waals surface area contributed by atoms with Crippen LogP contribution in [0.25, 0.3) is 16.6 Å². The molecule has 4 rings (SSSR count). The number of ether oxygens (including phenoxy) is 1. The van der Waals surface area contributed by atoms with Crippen LogP contribution in [-0.4, -0.2) is 9.38 Å². The summed E-state index contributed by atoms with van der Waals surface area (Å²) in [4.78, 5) is 28.3. The molecule has 0 saturated carbocycles. The average molecular weight is 362 g/mol. The van der Waals surface area contributed by atoms with Crippen molar-refractivity contribution in [2.75, 3.05) is 0 Å². The van der Waals surface area contributed by atoms with Gasteiger partial charge in [0.25, 0.3) is 5.56 Å². The quantitative estimate of drug-likeness (QED) is 0.509. The zero-order chi connectivity index (χ0) is 18.8. The first kappa shape index (κ1) is 17.0. The van der Waals surface area contributed by atoms with Gasteiger partial charge in [0, 0.05) is 29.8 Å². The van der Waals surface area contributed by atoms with Crippen LogP contribution in [0, 0.1) is 0 Å². The van der Waals surface area contributed by atoms with Gasteiger partial charge in [-0.05, 0) is 36.2 Å². The number of rotatable bonds is 5. The third-order valence-electron chi connectivity index (χ3n) is 4.33. The van der Waals surface area contributed by atoms with Crippen LogP contribution in [0.2, 0.25) is 0 Å².